The van der Waals surface area contributed by atoms with E-state index >= 15 is 0 Å². The van der Waals surface area contributed by atoms with Crippen LogP contribution in [0.5, 0.6) is 0 Å². The van der Waals surface area contributed by atoms with Crippen molar-refractivity contribution in [2.45, 2.75) is 76.9 Å². The van der Waals surface area contributed by atoms with Crippen LogP contribution in [0, 0.1) is 0 Å². The first kappa shape index (κ1) is 25.4. The fourth-order valence-electron chi connectivity index (χ4n) is 4.72. The molecule has 0 amide bonds. The predicted octanol–water partition coefficient (Wildman–Crippen LogP) is 4.23. The third-order valence-corrected chi connectivity index (χ3v) is 7.45. The number of rotatable bonds is 9. The number of aliphatic imine (C=N–C) groups is 1. The molecule has 2 aromatic rings. The average molecular weight is 572 g/mol. The molecule has 0 spiro atoms. The summed E-state index contributed by atoms with van der Waals surface area (Å²) in [5, 5.41) is 17.8. The van der Waals surface area contributed by atoms with Gasteiger partial charge in [-0.05, 0) is 50.2 Å². The zero-order chi connectivity index (χ0) is 21.3. The van der Waals surface area contributed by atoms with Crippen molar-refractivity contribution in [3.63, 3.8) is 0 Å². The van der Waals surface area contributed by atoms with E-state index in [1.54, 1.807) is 0 Å². The molecule has 1 aliphatic heterocycles. The lowest BCUT2D eigenvalue weighted by Gasteiger charge is -2.27. The Hall–Kier alpha value is -1.20. The maximum Gasteiger partial charge on any atom is 0.191 e. The first-order chi connectivity index (χ1) is 15.3. The summed E-state index contributed by atoms with van der Waals surface area (Å²) >= 11 is 1.86. The molecule has 2 aromatic heterocycles. The highest BCUT2D eigenvalue weighted by Gasteiger charge is 2.24. The van der Waals surface area contributed by atoms with Crippen LogP contribution >= 0.6 is 35.3 Å². The number of nitrogens with zero attached hydrogens (tertiary/aromatic N) is 5. The Morgan fingerprint density at radius 3 is 2.75 bits per heavy atom. The predicted molar refractivity (Wildman–Crippen MR) is 143 cm³/mol. The van der Waals surface area contributed by atoms with Crippen LogP contribution in [0.15, 0.2) is 28.8 Å². The highest BCUT2D eigenvalue weighted by atomic mass is 127. The number of hydrogen-bond acceptors (Lipinski definition) is 5. The second-order valence-electron chi connectivity index (χ2n) is 8.66. The van der Waals surface area contributed by atoms with E-state index in [0.717, 1.165) is 37.8 Å². The van der Waals surface area contributed by atoms with Crippen LogP contribution in [-0.4, -0.2) is 57.8 Å². The van der Waals surface area contributed by atoms with Gasteiger partial charge in [-0.2, -0.15) is 0 Å². The Bertz CT molecular complexity index is 795. The molecule has 9 heteroatoms. The number of aromatic nitrogens is 3. The second-order valence-corrected chi connectivity index (χ2v) is 9.64. The van der Waals surface area contributed by atoms with E-state index in [0.29, 0.717) is 12.1 Å². The van der Waals surface area contributed by atoms with Crippen LogP contribution in [0.4, 0.5) is 0 Å². The van der Waals surface area contributed by atoms with E-state index in [2.05, 4.69) is 54.7 Å². The van der Waals surface area contributed by atoms with E-state index in [4.69, 9.17) is 4.99 Å². The molecular formula is C23H38IN7S. The first-order valence-corrected chi connectivity index (χ1v) is 12.9. The van der Waals surface area contributed by atoms with Crippen molar-refractivity contribution >= 4 is 41.3 Å². The van der Waals surface area contributed by atoms with Crippen molar-refractivity contribution in [1.82, 2.24) is 30.3 Å². The third kappa shape index (κ3) is 7.15. The number of guanidine groups is 1. The number of hydrogen-bond donors (Lipinski definition) is 2. The molecule has 1 atom stereocenters. The standard InChI is InChI=1S/C23H37N7S.HI/c1-2-22-28-26-18-30(22)15-12-24-23(27-19-9-4-3-5-10-19)25-17-20(21-11-8-16-31-21)29-13-6-7-14-29;/h8,11,16,18-20H,2-7,9-10,12-15,17H2,1H3,(H2,24,25,27);1H. The molecule has 1 saturated carbocycles. The van der Waals surface area contributed by atoms with Gasteiger partial charge in [-0.25, -0.2) is 0 Å². The number of nitrogens with one attached hydrogen (secondary N) is 2. The van der Waals surface area contributed by atoms with Crippen LogP contribution in [0.1, 0.15) is 68.6 Å². The van der Waals surface area contributed by atoms with Crippen molar-refractivity contribution in [2.24, 2.45) is 4.99 Å². The monoisotopic (exact) mass is 571 g/mol. The topological polar surface area (TPSA) is 70.4 Å². The van der Waals surface area contributed by atoms with Crippen LogP contribution in [0.25, 0.3) is 0 Å². The van der Waals surface area contributed by atoms with Gasteiger partial charge in [0, 0.05) is 30.4 Å². The minimum absolute atomic E-state index is 0. The summed E-state index contributed by atoms with van der Waals surface area (Å²) < 4.78 is 2.13. The number of aryl methyl sites for hydroxylation is 1. The Morgan fingerprint density at radius 2 is 2.03 bits per heavy atom. The highest BCUT2D eigenvalue weighted by Crippen LogP contribution is 2.28. The molecule has 0 aromatic carbocycles. The quantitative estimate of drug-likeness (QED) is 0.268. The SMILES string of the molecule is CCc1nncn1CCNC(=NCC(c1cccs1)N1CCCC1)NC1CCCCC1.I. The largest absolute Gasteiger partial charge is 0.355 e. The molecule has 2 fully saturated rings. The molecule has 178 valence electrons. The van der Waals surface area contributed by atoms with Crippen LogP contribution in [0.3, 0.4) is 0 Å². The van der Waals surface area contributed by atoms with Gasteiger partial charge in [-0.15, -0.1) is 45.5 Å². The summed E-state index contributed by atoms with van der Waals surface area (Å²) in [7, 11) is 0. The van der Waals surface area contributed by atoms with Crippen LogP contribution in [-0.2, 0) is 13.0 Å². The van der Waals surface area contributed by atoms with Gasteiger partial charge in [0.25, 0.3) is 0 Å². The molecule has 2 aliphatic rings. The number of likely N-dealkylation sites (tertiary alicyclic amines) is 1. The van der Waals surface area contributed by atoms with E-state index in [1.165, 1.54) is 62.9 Å². The Labute approximate surface area is 213 Å². The maximum absolute atomic E-state index is 5.10. The zero-order valence-electron chi connectivity index (χ0n) is 19.2. The Kier molecular flexibility index (Phi) is 10.7. The van der Waals surface area contributed by atoms with Crippen LogP contribution < -0.4 is 10.6 Å². The normalized spacial score (nSPS) is 19.0. The van der Waals surface area contributed by atoms with E-state index in [1.807, 2.05) is 17.7 Å². The molecule has 7 nitrogen and oxygen atoms in total. The second kappa shape index (κ2) is 13.5. The van der Waals surface area contributed by atoms with Gasteiger partial charge in [0.1, 0.15) is 12.2 Å². The van der Waals surface area contributed by atoms with Gasteiger partial charge < -0.3 is 15.2 Å². The van der Waals surface area contributed by atoms with Crippen molar-refractivity contribution in [3.8, 4) is 0 Å². The lowest BCUT2D eigenvalue weighted by atomic mass is 9.96. The smallest absolute Gasteiger partial charge is 0.191 e. The van der Waals surface area contributed by atoms with Crippen molar-refractivity contribution in [3.05, 3.63) is 34.5 Å². The maximum atomic E-state index is 5.10. The van der Waals surface area contributed by atoms with Gasteiger partial charge >= 0.3 is 0 Å². The minimum atomic E-state index is 0. The fourth-order valence-corrected chi connectivity index (χ4v) is 5.58. The van der Waals surface area contributed by atoms with Gasteiger partial charge in [-0.1, -0.05) is 32.3 Å². The molecule has 2 N–H and O–H groups in total. The summed E-state index contributed by atoms with van der Waals surface area (Å²) in [4.78, 5) is 9.14. The van der Waals surface area contributed by atoms with Crippen LogP contribution in [0.2, 0.25) is 0 Å². The lowest BCUT2D eigenvalue weighted by Crippen LogP contribution is -2.45. The minimum Gasteiger partial charge on any atom is -0.355 e. The number of thiophene rings is 1. The number of halogens is 1. The van der Waals surface area contributed by atoms with E-state index in [-0.39, 0.29) is 24.0 Å². The molecule has 32 heavy (non-hydrogen) atoms. The molecule has 1 unspecified atom stereocenters. The highest BCUT2D eigenvalue weighted by molar-refractivity contribution is 14.0. The molecule has 0 radical (unpaired) electrons. The molecule has 1 saturated heterocycles. The average Bonchev–Trinajstić information content (AvgIpc) is 3.57. The lowest BCUT2D eigenvalue weighted by molar-refractivity contribution is 0.255. The van der Waals surface area contributed by atoms with Crippen molar-refractivity contribution < 1.29 is 0 Å². The zero-order valence-corrected chi connectivity index (χ0v) is 22.4. The molecule has 0 bridgehead atoms. The first-order valence-electron chi connectivity index (χ1n) is 12.0. The molecule has 1 aliphatic carbocycles. The van der Waals surface area contributed by atoms with E-state index < -0.39 is 0 Å². The summed E-state index contributed by atoms with van der Waals surface area (Å²) in [5.74, 6) is 1.99. The summed E-state index contributed by atoms with van der Waals surface area (Å²) in [5.41, 5.74) is 0. The molecule has 4 rings (SSSR count). The van der Waals surface area contributed by atoms with Gasteiger partial charge in [0.15, 0.2) is 5.96 Å². The Balaban J connectivity index is 0.00000289. The fraction of sp³-hybridized carbons (Fsp3) is 0.696. The third-order valence-electron chi connectivity index (χ3n) is 6.48. The summed E-state index contributed by atoms with van der Waals surface area (Å²) in [6, 6.07) is 5.35. The van der Waals surface area contributed by atoms with Crippen molar-refractivity contribution in [2.75, 3.05) is 26.2 Å². The summed E-state index contributed by atoms with van der Waals surface area (Å²) in [6.45, 7) is 6.96. The molecular weight excluding hydrogens is 533 g/mol. The van der Waals surface area contributed by atoms with E-state index in [9.17, 15) is 0 Å². The van der Waals surface area contributed by atoms with Gasteiger partial charge in [0.05, 0.1) is 12.6 Å². The summed E-state index contributed by atoms with van der Waals surface area (Å²) in [6.07, 6.45) is 11.8. The Morgan fingerprint density at radius 1 is 1.22 bits per heavy atom. The van der Waals surface area contributed by atoms with Gasteiger partial charge in [-0.3, -0.25) is 9.89 Å². The molecule has 3 heterocycles. The van der Waals surface area contributed by atoms with Crippen molar-refractivity contribution in [1.29, 1.82) is 0 Å². The van der Waals surface area contributed by atoms with Gasteiger partial charge in [0.2, 0.25) is 0 Å².